The molecule has 0 radical (unpaired) electrons. The second kappa shape index (κ2) is 28.0. The van der Waals surface area contributed by atoms with Gasteiger partial charge in [0.2, 0.25) is 43.6 Å². The van der Waals surface area contributed by atoms with E-state index in [4.69, 9.17) is 51.0 Å². The van der Waals surface area contributed by atoms with Gasteiger partial charge in [0.25, 0.3) is 0 Å². The smallest absolute Gasteiger partial charge is 0.246 e. The van der Waals surface area contributed by atoms with E-state index >= 15 is 0 Å². The van der Waals surface area contributed by atoms with Crippen molar-refractivity contribution in [1.82, 2.24) is 29.5 Å². The molecular formula is C58H74Cl2N8O16S4Si2. The van der Waals surface area contributed by atoms with Gasteiger partial charge in [-0.1, -0.05) is 86.7 Å². The lowest BCUT2D eigenvalue weighted by Gasteiger charge is -2.28. The third kappa shape index (κ3) is 16.7. The van der Waals surface area contributed by atoms with E-state index in [0.717, 1.165) is 21.1 Å². The normalized spacial score (nSPS) is 13.1. The van der Waals surface area contributed by atoms with E-state index in [0.29, 0.717) is 69.5 Å². The number of hydrogen-bond donors (Lipinski definition) is 2. The Morgan fingerprint density at radius 3 is 1.10 bits per heavy atom. The summed E-state index contributed by atoms with van der Waals surface area (Å²) in [6.07, 6.45) is -1.50. The largest absolute Gasteiger partial charge is 0.494 e. The Morgan fingerprint density at radius 2 is 0.833 bits per heavy atom. The number of sulfone groups is 2. The van der Waals surface area contributed by atoms with E-state index in [9.17, 15) is 43.9 Å². The molecule has 0 bridgehead atoms. The molecule has 4 aromatic heterocycles. The van der Waals surface area contributed by atoms with Crippen molar-refractivity contribution in [3.05, 3.63) is 130 Å². The maximum Gasteiger partial charge on any atom is 0.246 e. The van der Waals surface area contributed by atoms with Gasteiger partial charge in [0.05, 0.1) is 61.9 Å². The van der Waals surface area contributed by atoms with Crippen LogP contribution in [-0.2, 0) is 39.7 Å². The van der Waals surface area contributed by atoms with E-state index in [1.807, 2.05) is 0 Å². The average Bonchev–Trinajstić information content (AvgIpc) is 1.54. The fourth-order valence-corrected chi connectivity index (χ4v) is 16.9. The molecule has 488 valence electrons. The summed E-state index contributed by atoms with van der Waals surface area (Å²) in [6, 6.07) is 25.9. The molecule has 2 atom stereocenters. The summed E-state index contributed by atoms with van der Waals surface area (Å²) >= 11 is 12.1. The maximum absolute atomic E-state index is 14.3. The van der Waals surface area contributed by atoms with Crippen molar-refractivity contribution in [3.63, 3.8) is 0 Å². The lowest BCUT2D eigenvalue weighted by Crippen LogP contribution is -2.40. The van der Waals surface area contributed by atoms with Crippen LogP contribution >= 0.6 is 23.2 Å². The molecule has 24 nitrogen and oxygen atoms in total. The molecule has 0 aliphatic carbocycles. The standard InChI is InChI=1S/2C29H37ClN4O8S2Si/c2*1-19-11-14-25(42-19)28-31-32-29(34(28)27-23(40-2)9-8-10-24(27)41-3)33(15-16-45(5,6)7)44(38,39)18-22(35)21-13-12-20(30)17-26(21)43(4,36)37/h2*8-14,17,22,35H,15-16,18H2,1-7H3/t2*22-/m10/s1. The lowest BCUT2D eigenvalue weighted by molar-refractivity contribution is 0.198. The van der Waals surface area contributed by atoms with Gasteiger partial charge in [0.15, 0.2) is 31.2 Å². The molecule has 2 N–H and O–H groups in total. The summed E-state index contributed by atoms with van der Waals surface area (Å²) in [7, 11) is -14.3. The number of aryl methyl sites for hydroxylation is 2. The van der Waals surface area contributed by atoms with Crippen LogP contribution in [0.2, 0.25) is 61.4 Å². The highest BCUT2D eigenvalue weighted by atomic mass is 35.5. The molecule has 0 saturated carbocycles. The third-order valence-corrected chi connectivity index (χ3v) is 23.6. The van der Waals surface area contributed by atoms with Crippen LogP contribution in [0.1, 0.15) is 34.9 Å². The summed E-state index contributed by atoms with van der Waals surface area (Å²) in [4.78, 5) is -0.521. The van der Waals surface area contributed by atoms with Gasteiger partial charge in [-0.2, -0.15) is 0 Å². The molecule has 4 aromatic carbocycles. The highest BCUT2D eigenvalue weighted by Gasteiger charge is 2.38. The fourth-order valence-electron chi connectivity index (χ4n) is 9.39. The van der Waals surface area contributed by atoms with Crippen LogP contribution < -0.4 is 27.6 Å². The number of halogens is 2. The van der Waals surface area contributed by atoms with Crippen molar-refractivity contribution in [2.24, 2.45) is 0 Å². The molecule has 0 unspecified atom stereocenters. The van der Waals surface area contributed by atoms with Gasteiger partial charge in [-0.05, 0) is 98.7 Å². The van der Waals surface area contributed by atoms with Crippen LogP contribution in [0.25, 0.3) is 34.5 Å². The zero-order chi connectivity index (χ0) is 66.6. The number of aliphatic hydroxyl groups excluding tert-OH is 2. The number of ether oxygens (including phenoxy) is 4. The van der Waals surface area contributed by atoms with Gasteiger partial charge < -0.3 is 38.0 Å². The van der Waals surface area contributed by atoms with Crippen molar-refractivity contribution in [1.29, 1.82) is 0 Å². The van der Waals surface area contributed by atoms with Crippen LogP contribution in [0.4, 0.5) is 11.9 Å². The molecular weight excluding hydrogens is 1320 g/mol. The number of rotatable bonds is 26. The van der Waals surface area contributed by atoms with Crippen molar-refractivity contribution < 1.29 is 71.7 Å². The van der Waals surface area contributed by atoms with Crippen LogP contribution in [0.3, 0.4) is 0 Å². The predicted molar refractivity (Wildman–Crippen MR) is 351 cm³/mol. The Labute approximate surface area is 537 Å². The number of benzene rings is 4. The van der Waals surface area contributed by atoms with Gasteiger partial charge in [-0.15, -0.1) is 20.4 Å². The van der Waals surface area contributed by atoms with E-state index in [1.54, 1.807) is 74.5 Å². The molecule has 90 heavy (non-hydrogen) atoms. The van der Waals surface area contributed by atoms with Crippen molar-refractivity contribution in [2.75, 3.05) is 74.2 Å². The summed E-state index contributed by atoms with van der Waals surface area (Å²) in [6.45, 7) is 16.2. The van der Waals surface area contributed by atoms with Crippen LogP contribution in [-0.4, -0.2) is 155 Å². The topological polar surface area (TPSA) is 308 Å². The number of methoxy groups -OCH3 is 4. The molecule has 8 rings (SSSR count). The van der Waals surface area contributed by atoms with Crippen molar-refractivity contribution in [3.8, 4) is 57.5 Å². The van der Waals surface area contributed by atoms with Gasteiger partial charge in [0.1, 0.15) is 45.9 Å². The van der Waals surface area contributed by atoms with E-state index in [1.165, 1.54) is 74.0 Å². The van der Waals surface area contributed by atoms with Gasteiger partial charge in [0, 0.05) is 62.9 Å². The number of aromatic nitrogens is 6. The minimum Gasteiger partial charge on any atom is -0.494 e. The Morgan fingerprint density at radius 1 is 0.511 bits per heavy atom. The zero-order valence-electron chi connectivity index (χ0n) is 52.2. The molecule has 8 aromatic rings. The van der Waals surface area contributed by atoms with Gasteiger partial charge in [-0.25, -0.2) is 42.3 Å². The number of para-hydroxylation sites is 2. The molecule has 4 heterocycles. The van der Waals surface area contributed by atoms with Crippen LogP contribution in [0, 0.1) is 13.8 Å². The summed E-state index contributed by atoms with van der Waals surface area (Å²) < 4.78 is 147. The first-order chi connectivity index (χ1) is 41.9. The molecule has 0 aliphatic rings. The average molecular weight is 1390 g/mol. The Kier molecular flexibility index (Phi) is 22.0. The number of hydrogen-bond acceptors (Lipinski definition) is 20. The highest BCUT2D eigenvalue weighted by Crippen LogP contribution is 2.42. The van der Waals surface area contributed by atoms with Crippen LogP contribution in [0.15, 0.2) is 116 Å². The Bertz CT molecular complexity index is 4040. The molecule has 0 aliphatic heterocycles. The zero-order valence-corrected chi connectivity index (χ0v) is 59.0. The second-order valence-electron chi connectivity index (χ2n) is 23.4. The first-order valence-electron chi connectivity index (χ1n) is 27.8. The number of anilines is 2. The fraction of sp³-hybridized carbons (Fsp3) is 0.379. The highest BCUT2D eigenvalue weighted by molar-refractivity contribution is 7.93. The molecule has 0 spiro atoms. The van der Waals surface area contributed by atoms with E-state index in [2.05, 4.69) is 59.7 Å². The number of nitrogens with zero attached hydrogens (tertiary/aromatic N) is 8. The second-order valence-corrected chi connectivity index (χ2v) is 43.4. The molecule has 0 saturated heterocycles. The molecule has 32 heteroatoms. The predicted octanol–water partition coefficient (Wildman–Crippen LogP) is 10.2. The number of sulfonamides is 2. The van der Waals surface area contributed by atoms with E-state index in [-0.39, 0.29) is 67.6 Å². The summed E-state index contributed by atoms with van der Waals surface area (Å²) in [5.41, 5.74) is 0.486. The monoisotopic (exact) mass is 1390 g/mol. The van der Waals surface area contributed by atoms with Crippen LogP contribution in [0.5, 0.6) is 23.0 Å². The van der Waals surface area contributed by atoms with Crippen molar-refractivity contribution in [2.45, 2.75) is 87.2 Å². The van der Waals surface area contributed by atoms with E-state index < -0.39 is 79.6 Å². The summed E-state index contributed by atoms with van der Waals surface area (Å²) in [5, 5.41) is 40.2. The Hall–Kier alpha value is -6.75. The molecule has 0 fully saturated rings. The SMILES string of the molecule is COc1cccc(OC)c1-n1c(-c2ccc(C)o2)nnc1N(CC[Si](C)(C)C)S(=O)(=O)C[C@@H](O)c1ccc(Cl)cc1S(C)(=O)=O.COc1cccc(OC)c1-n1c(-c2ccc(C)o2)nnc1N(CC[Si](C)(C)C)S(=O)(=O)C[C@H](O)c1ccc(Cl)cc1S(C)(=O)=O. The van der Waals surface area contributed by atoms with Gasteiger partial charge >= 0.3 is 0 Å². The Balaban J connectivity index is 0.000000256. The maximum atomic E-state index is 14.3. The number of furan rings is 2. The third-order valence-electron chi connectivity index (χ3n) is 13.9. The summed E-state index contributed by atoms with van der Waals surface area (Å²) in [5.74, 6) is 1.72. The van der Waals surface area contributed by atoms with Gasteiger partial charge in [-0.3, -0.25) is 9.13 Å². The minimum atomic E-state index is -4.41. The number of aliphatic hydroxyl groups is 2. The lowest BCUT2D eigenvalue weighted by atomic mass is 10.1. The van der Waals surface area contributed by atoms with Crippen molar-refractivity contribution >= 4 is 91.0 Å². The minimum absolute atomic E-state index is 0.0110. The first kappa shape index (κ1) is 70.7. The first-order valence-corrected chi connectivity index (χ1v) is 42.9. The molecule has 0 amide bonds. The quantitative estimate of drug-likeness (QED) is 0.0476.